The summed E-state index contributed by atoms with van der Waals surface area (Å²) >= 11 is 0. The summed E-state index contributed by atoms with van der Waals surface area (Å²) in [5.74, 6) is 1.02. The molecule has 0 amide bonds. The first-order valence-electron chi connectivity index (χ1n) is 9.79. The Hall–Kier alpha value is -1.02. The molecule has 1 aromatic carbocycles. The average Bonchev–Trinajstić information content (AvgIpc) is 2.57. The fourth-order valence-electron chi connectivity index (χ4n) is 2.73. The summed E-state index contributed by atoms with van der Waals surface area (Å²) in [4.78, 5) is 0. The minimum absolute atomic E-state index is 0.847. The lowest BCUT2D eigenvalue weighted by Gasteiger charge is -2.09. The van der Waals surface area contributed by atoms with Crippen LogP contribution in [0.5, 0.6) is 5.75 Å². The first-order valence-corrected chi connectivity index (χ1v) is 9.79. The van der Waals surface area contributed by atoms with Gasteiger partial charge in [-0.15, -0.1) is 0 Å². The van der Waals surface area contributed by atoms with Crippen LogP contribution in [0.25, 0.3) is 0 Å². The van der Waals surface area contributed by atoms with Crippen molar-refractivity contribution in [1.82, 2.24) is 5.32 Å². The molecular formula is C21H37NO. The molecule has 0 fully saturated rings. The smallest absolute Gasteiger partial charge is 0.119 e. The van der Waals surface area contributed by atoms with E-state index in [9.17, 15) is 0 Å². The molecule has 0 spiro atoms. The van der Waals surface area contributed by atoms with E-state index < -0.39 is 0 Å². The van der Waals surface area contributed by atoms with E-state index in [0.29, 0.717) is 0 Å². The predicted molar refractivity (Wildman–Crippen MR) is 101 cm³/mol. The van der Waals surface area contributed by atoms with Crippen LogP contribution in [-0.2, 0) is 6.54 Å². The normalized spacial score (nSPS) is 10.9. The molecule has 0 aliphatic heterocycles. The van der Waals surface area contributed by atoms with E-state index >= 15 is 0 Å². The summed E-state index contributed by atoms with van der Waals surface area (Å²) < 4.78 is 5.88. The summed E-state index contributed by atoms with van der Waals surface area (Å²) in [6.07, 6.45) is 13.1. The van der Waals surface area contributed by atoms with Gasteiger partial charge in [-0.25, -0.2) is 0 Å². The number of unbranched alkanes of at least 4 members (excludes halogenated alkanes) is 8. The Morgan fingerprint density at radius 1 is 0.826 bits per heavy atom. The second-order valence-electron chi connectivity index (χ2n) is 6.50. The first kappa shape index (κ1) is 20.0. The third-order valence-electron chi connectivity index (χ3n) is 4.20. The number of hydrogen-bond acceptors (Lipinski definition) is 2. The Kier molecular flexibility index (Phi) is 12.7. The highest BCUT2D eigenvalue weighted by Crippen LogP contribution is 2.14. The SMILES string of the molecule is CCCCCCCCOc1cccc(CNCCCCCC)c1. The largest absolute Gasteiger partial charge is 0.494 e. The molecule has 1 rings (SSSR count). The molecule has 0 aromatic heterocycles. The van der Waals surface area contributed by atoms with Gasteiger partial charge in [-0.1, -0.05) is 77.3 Å². The Morgan fingerprint density at radius 3 is 2.30 bits per heavy atom. The third-order valence-corrected chi connectivity index (χ3v) is 4.20. The fraction of sp³-hybridized carbons (Fsp3) is 0.714. The van der Waals surface area contributed by atoms with Crippen LogP contribution in [0.4, 0.5) is 0 Å². The van der Waals surface area contributed by atoms with E-state index in [1.165, 1.54) is 69.8 Å². The molecule has 132 valence electrons. The first-order chi connectivity index (χ1) is 11.4. The molecule has 0 saturated heterocycles. The van der Waals surface area contributed by atoms with Gasteiger partial charge in [0.05, 0.1) is 6.61 Å². The second kappa shape index (κ2) is 14.6. The van der Waals surface area contributed by atoms with Gasteiger partial charge in [0.15, 0.2) is 0 Å². The van der Waals surface area contributed by atoms with Gasteiger partial charge in [-0.05, 0) is 37.1 Å². The van der Waals surface area contributed by atoms with Crippen LogP contribution < -0.4 is 10.1 Å². The van der Waals surface area contributed by atoms with Gasteiger partial charge in [0.25, 0.3) is 0 Å². The number of hydrogen-bond donors (Lipinski definition) is 1. The number of rotatable bonds is 15. The minimum Gasteiger partial charge on any atom is -0.494 e. The second-order valence-corrected chi connectivity index (χ2v) is 6.50. The molecule has 23 heavy (non-hydrogen) atoms. The zero-order chi connectivity index (χ0) is 16.6. The maximum atomic E-state index is 5.88. The van der Waals surface area contributed by atoms with Gasteiger partial charge < -0.3 is 10.1 Å². The lowest BCUT2D eigenvalue weighted by atomic mass is 10.1. The third kappa shape index (κ3) is 11.2. The van der Waals surface area contributed by atoms with Gasteiger partial charge in [0.1, 0.15) is 5.75 Å². The lowest BCUT2D eigenvalue weighted by molar-refractivity contribution is 0.304. The summed E-state index contributed by atoms with van der Waals surface area (Å²) in [6.45, 7) is 7.42. The molecule has 0 bridgehead atoms. The molecule has 0 aliphatic rings. The molecule has 0 heterocycles. The van der Waals surface area contributed by atoms with Crippen LogP contribution in [0.1, 0.15) is 83.6 Å². The highest BCUT2D eigenvalue weighted by atomic mass is 16.5. The van der Waals surface area contributed by atoms with Crippen LogP contribution >= 0.6 is 0 Å². The van der Waals surface area contributed by atoms with Crippen molar-refractivity contribution in [3.05, 3.63) is 29.8 Å². The standard InChI is InChI=1S/C21H37NO/c1-3-5-7-9-10-12-17-23-21-15-13-14-20(18-21)19-22-16-11-8-6-4-2/h13-15,18,22H,3-12,16-17,19H2,1-2H3. The van der Waals surface area contributed by atoms with E-state index in [-0.39, 0.29) is 0 Å². The Balaban J connectivity index is 2.10. The van der Waals surface area contributed by atoms with Gasteiger partial charge >= 0.3 is 0 Å². The maximum absolute atomic E-state index is 5.88. The lowest BCUT2D eigenvalue weighted by Crippen LogP contribution is -2.14. The molecule has 1 aromatic rings. The average molecular weight is 320 g/mol. The number of ether oxygens (including phenoxy) is 1. The Morgan fingerprint density at radius 2 is 1.52 bits per heavy atom. The van der Waals surface area contributed by atoms with Crippen molar-refractivity contribution in [3.63, 3.8) is 0 Å². The Bertz CT molecular complexity index is 378. The van der Waals surface area contributed by atoms with Crippen molar-refractivity contribution < 1.29 is 4.74 Å². The van der Waals surface area contributed by atoms with Crippen molar-refractivity contribution in [2.75, 3.05) is 13.2 Å². The van der Waals surface area contributed by atoms with E-state index in [1.807, 2.05) is 0 Å². The van der Waals surface area contributed by atoms with Crippen molar-refractivity contribution in [1.29, 1.82) is 0 Å². The summed E-state index contributed by atoms with van der Waals surface area (Å²) in [5, 5.41) is 3.53. The van der Waals surface area contributed by atoms with Crippen LogP contribution in [-0.4, -0.2) is 13.2 Å². The van der Waals surface area contributed by atoms with Crippen LogP contribution in [0, 0.1) is 0 Å². The monoisotopic (exact) mass is 319 g/mol. The maximum Gasteiger partial charge on any atom is 0.119 e. The predicted octanol–water partition coefficient (Wildman–Crippen LogP) is 6.10. The van der Waals surface area contributed by atoms with Gasteiger partial charge in [0, 0.05) is 6.54 Å². The molecule has 0 aliphatic carbocycles. The van der Waals surface area contributed by atoms with E-state index in [4.69, 9.17) is 4.74 Å². The molecule has 0 saturated carbocycles. The summed E-state index contributed by atoms with van der Waals surface area (Å²) in [5.41, 5.74) is 1.32. The quantitative estimate of drug-likeness (QED) is 0.395. The van der Waals surface area contributed by atoms with Crippen LogP contribution in [0.3, 0.4) is 0 Å². The van der Waals surface area contributed by atoms with E-state index in [1.54, 1.807) is 0 Å². The summed E-state index contributed by atoms with van der Waals surface area (Å²) in [6, 6.07) is 8.53. The van der Waals surface area contributed by atoms with Crippen LogP contribution in [0.15, 0.2) is 24.3 Å². The fourth-order valence-corrected chi connectivity index (χ4v) is 2.73. The molecule has 0 unspecified atom stereocenters. The van der Waals surface area contributed by atoms with Gasteiger partial charge in [-0.3, -0.25) is 0 Å². The molecular weight excluding hydrogens is 282 g/mol. The summed E-state index contributed by atoms with van der Waals surface area (Å²) in [7, 11) is 0. The minimum atomic E-state index is 0.847. The van der Waals surface area contributed by atoms with E-state index in [0.717, 1.165) is 25.4 Å². The van der Waals surface area contributed by atoms with Crippen molar-refractivity contribution >= 4 is 0 Å². The zero-order valence-electron chi connectivity index (χ0n) is 15.4. The molecule has 2 nitrogen and oxygen atoms in total. The van der Waals surface area contributed by atoms with E-state index in [2.05, 4.69) is 43.4 Å². The molecule has 1 N–H and O–H groups in total. The molecule has 0 atom stereocenters. The van der Waals surface area contributed by atoms with Crippen molar-refractivity contribution in [2.24, 2.45) is 0 Å². The highest BCUT2D eigenvalue weighted by Gasteiger charge is 1.98. The highest BCUT2D eigenvalue weighted by molar-refractivity contribution is 5.28. The van der Waals surface area contributed by atoms with Gasteiger partial charge in [-0.2, -0.15) is 0 Å². The topological polar surface area (TPSA) is 21.3 Å². The van der Waals surface area contributed by atoms with Gasteiger partial charge in [0.2, 0.25) is 0 Å². The number of benzene rings is 1. The Labute approximate surface area is 144 Å². The van der Waals surface area contributed by atoms with Crippen molar-refractivity contribution in [3.8, 4) is 5.75 Å². The number of nitrogens with one attached hydrogen (secondary N) is 1. The molecule has 2 heteroatoms. The zero-order valence-corrected chi connectivity index (χ0v) is 15.4. The molecule has 0 radical (unpaired) electrons. The van der Waals surface area contributed by atoms with Crippen molar-refractivity contribution in [2.45, 2.75) is 84.6 Å². The van der Waals surface area contributed by atoms with Crippen LogP contribution in [0.2, 0.25) is 0 Å².